The van der Waals surface area contributed by atoms with Crippen molar-refractivity contribution in [2.75, 3.05) is 13.2 Å². The van der Waals surface area contributed by atoms with E-state index in [-0.39, 0.29) is 0 Å². The second-order valence-corrected chi connectivity index (χ2v) is 2.48. The topological polar surface area (TPSA) is 139 Å². The molecule has 0 radical (unpaired) electrons. The molecule has 2 amide bonds. The summed E-state index contributed by atoms with van der Waals surface area (Å²) in [6, 6.07) is 0. The Morgan fingerprint density at radius 1 is 0.812 bits per heavy atom. The fourth-order valence-corrected chi connectivity index (χ4v) is 0.517. The number of amides is 2. The number of carbonyl (C=O) groups excluding carboxylic acids is 4. The lowest BCUT2D eigenvalue weighted by atomic mass is 10.5. The van der Waals surface area contributed by atoms with Gasteiger partial charge in [-0.2, -0.15) is 0 Å². The van der Waals surface area contributed by atoms with Crippen LogP contribution in [0.2, 0.25) is 0 Å². The van der Waals surface area contributed by atoms with E-state index < -0.39 is 37.0 Å². The summed E-state index contributed by atoms with van der Waals surface area (Å²) in [5.74, 6) is -3.51. The highest BCUT2D eigenvalue weighted by Gasteiger charge is 2.03. The third-order valence-corrected chi connectivity index (χ3v) is 1.07. The Morgan fingerprint density at radius 3 is 1.38 bits per heavy atom. The van der Waals surface area contributed by atoms with Gasteiger partial charge in [0.05, 0.1) is 0 Å². The highest BCUT2D eigenvalue weighted by atomic mass is 16.5. The maximum Gasteiger partial charge on any atom is 0.331 e. The molecule has 0 saturated carbocycles. The molecule has 0 spiro atoms. The van der Waals surface area contributed by atoms with Crippen LogP contribution in [0, 0.1) is 0 Å². The van der Waals surface area contributed by atoms with E-state index in [4.69, 9.17) is 11.5 Å². The Bertz CT molecular complexity index is 303. The van der Waals surface area contributed by atoms with Crippen molar-refractivity contribution < 1.29 is 28.7 Å². The molecule has 88 valence electrons. The molecule has 0 bridgehead atoms. The third kappa shape index (κ3) is 8.23. The summed E-state index contributed by atoms with van der Waals surface area (Å²) in [6.45, 7) is -1.17. The molecular formula is C8H10N2O6. The van der Waals surface area contributed by atoms with E-state index in [2.05, 4.69) is 9.47 Å². The van der Waals surface area contributed by atoms with Crippen molar-refractivity contribution in [3.63, 3.8) is 0 Å². The Kier molecular flexibility index (Phi) is 5.95. The summed E-state index contributed by atoms with van der Waals surface area (Å²) in [5, 5.41) is 0. The van der Waals surface area contributed by atoms with E-state index in [0.29, 0.717) is 0 Å². The van der Waals surface area contributed by atoms with E-state index in [0.717, 1.165) is 12.2 Å². The van der Waals surface area contributed by atoms with Gasteiger partial charge in [-0.3, -0.25) is 9.59 Å². The van der Waals surface area contributed by atoms with E-state index in [9.17, 15) is 19.2 Å². The van der Waals surface area contributed by atoms with E-state index in [1.165, 1.54) is 0 Å². The van der Waals surface area contributed by atoms with Crippen molar-refractivity contribution in [1.29, 1.82) is 0 Å². The van der Waals surface area contributed by atoms with Gasteiger partial charge in [-0.15, -0.1) is 0 Å². The van der Waals surface area contributed by atoms with Crippen LogP contribution in [0.3, 0.4) is 0 Å². The first-order chi connectivity index (χ1) is 7.41. The lowest BCUT2D eigenvalue weighted by molar-refractivity contribution is -0.144. The molecule has 0 aromatic carbocycles. The van der Waals surface area contributed by atoms with Crippen molar-refractivity contribution in [3.8, 4) is 0 Å². The molecule has 4 N–H and O–H groups in total. The van der Waals surface area contributed by atoms with E-state index in [1.807, 2.05) is 0 Å². The summed E-state index contributed by atoms with van der Waals surface area (Å²) in [5.41, 5.74) is 9.39. The normalized spacial score (nSPS) is 9.75. The SMILES string of the molecule is NC(=O)COC(=O)/C=C\C(=O)OCC(N)=O. The second-order valence-electron chi connectivity index (χ2n) is 2.48. The zero-order valence-electron chi connectivity index (χ0n) is 8.17. The molecule has 0 aromatic rings. The fourth-order valence-electron chi connectivity index (χ4n) is 0.517. The first-order valence-corrected chi connectivity index (χ1v) is 4.00. The van der Waals surface area contributed by atoms with E-state index >= 15 is 0 Å². The predicted molar refractivity (Wildman–Crippen MR) is 49.4 cm³/mol. The lowest BCUT2D eigenvalue weighted by Gasteiger charge is -1.97. The number of primary amides is 2. The monoisotopic (exact) mass is 230 g/mol. The molecule has 0 aliphatic rings. The molecule has 0 unspecified atom stereocenters. The molecule has 8 heteroatoms. The van der Waals surface area contributed by atoms with Gasteiger partial charge in [0.15, 0.2) is 13.2 Å². The minimum atomic E-state index is -0.935. The quantitative estimate of drug-likeness (QED) is 0.385. The van der Waals surface area contributed by atoms with Crippen molar-refractivity contribution in [3.05, 3.63) is 12.2 Å². The summed E-state index contributed by atoms with van der Waals surface area (Å²) in [7, 11) is 0. The minimum absolute atomic E-state index is 0.584. The van der Waals surface area contributed by atoms with Gasteiger partial charge in [0.25, 0.3) is 11.8 Å². The number of rotatable bonds is 6. The van der Waals surface area contributed by atoms with Crippen LogP contribution in [-0.2, 0) is 28.7 Å². The summed E-state index contributed by atoms with van der Waals surface area (Å²) < 4.78 is 8.56. The number of hydrogen-bond acceptors (Lipinski definition) is 6. The lowest BCUT2D eigenvalue weighted by Crippen LogP contribution is -2.21. The summed E-state index contributed by atoms with van der Waals surface area (Å²) in [6.07, 6.45) is 1.46. The van der Waals surface area contributed by atoms with Crippen LogP contribution in [0.15, 0.2) is 12.2 Å². The second kappa shape index (κ2) is 6.98. The maximum absolute atomic E-state index is 10.8. The zero-order chi connectivity index (χ0) is 12.6. The predicted octanol–water partition coefficient (Wildman–Crippen LogP) is -2.40. The Balaban J connectivity index is 3.88. The fraction of sp³-hybridized carbons (Fsp3) is 0.250. The number of esters is 2. The highest BCUT2D eigenvalue weighted by Crippen LogP contribution is 1.85. The van der Waals surface area contributed by atoms with Crippen LogP contribution in [0.25, 0.3) is 0 Å². The molecule has 0 aliphatic carbocycles. The molecule has 0 atom stereocenters. The summed E-state index contributed by atoms with van der Waals surface area (Å²) >= 11 is 0. The number of nitrogens with two attached hydrogens (primary N) is 2. The van der Waals surface area contributed by atoms with Gasteiger partial charge in [-0.25, -0.2) is 9.59 Å². The van der Waals surface area contributed by atoms with Gasteiger partial charge in [0.2, 0.25) is 0 Å². The minimum Gasteiger partial charge on any atom is -0.452 e. The molecular weight excluding hydrogens is 220 g/mol. The van der Waals surface area contributed by atoms with E-state index in [1.54, 1.807) is 0 Å². The third-order valence-electron chi connectivity index (χ3n) is 1.07. The Morgan fingerprint density at radius 2 is 1.12 bits per heavy atom. The van der Waals surface area contributed by atoms with Gasteiger partial charge in [0.1, 0.15) is 0 Å². The van der Waals surface area contributed by atoms with Crippen LogP contribution < -0.4 is 11.5 Å². The van der Waals surface area contributed by atoms with Gasteiger partial charge >= 0.3 is 11.9 Å². The molecule has 0 aromatic heterocycles. The number of carbonyl (C=O) groups is 4. The molecule has 0 rings (SSSR count). The average molecular weight is 230 g/mol. The van der Waals surface area contributed by atoms with Gasteiger partial charge < -0.3 is 20.9 Å². The van der Waals surface area contributed by atoms with Gasteiger partial charge in [-0.1, -0.05) is 0 Å². The smallest absolute Gasteiger partial charge is 0.331 e. The van der Waals surface area contributed by atoms with Gasteiger partial charge in [-0.05, 0) is 0 Å². The molecule has 0 heterocycles. The van der Waals surface area contributed by atoms with Crippen molar-refractivity contribution in [2.24, 2.45) is 11.5 Å². The average Bonchev–Trinajstić information content (AvgIpc) is 2.20. The standard InChI is InChI=1S/C8H10N2O6/c9-5(11)3-15-7(13)1-2-8(14)16-4-6(10)12/h1-2H,3-4H2,(H2,9,11)(H2,10,12)/b2-1-. The Hall–Kier alpha value is -2.38. The van der Waals surface area contributed by atoms with Crippen LogP contribution in [-0.4, -0.2) is 37.0 Å². The van der Waals surface area contributed by atoms with Crippen LogP contribution >= 0.6 is 0 Å². The molecule has 8 nitrogen and oxygen atoms in total. The number of hydrogen-bond donors (Lipinski definition) is 2. The molecule has 0 fully saturated rings. The van der Waals surface area contributed by atoms with Crippen molar-refractivity contribution in [1.82, 2.24) is 0 Å². The maximum atomic E-state index is 10.8. The van der Waals surface area contributed by atoms with Crippen molar-refractivity contribution >= 4 is 23.8 Å². The Labute approximate surface area is 90.2 Å². The first-order valence-electron chi connectivity index (χ1n) is 4.00. The van der Waals surface area contributed by atoms with Crippen molar-refractivity contribution in [2.45, 2.75) is 0 Å². The summed E-state index contributed by atoms with van der Waals surface area (Å²) in [4.78, 5) is 41.9. The first kappa shape index (κ1) is 13.6. The molecule has 0 aliphatic heterocycles. The van der Waals surface area contributed by atoms with Gasteiger partial charge in [0, 0.05) is 12.2 Å². The largest absolute Gasteiger partial charge is 0.452 e. The molecule has 0 saturated heterocycles. The van der Waals surface area contributed by atoms with Crippen LogP contribution in [0.4, 0.5) is 0 Å². The zero-order valence-corrected chi connectivity index (χ0v) is 8.17. The number of ether oxygens (including phenoxy) is 2. The van der Waals surface area contributed by atoms with Crippen LogP contribution in [0.5, 0.6) is 0 Å². The van der Waals surface area contributed by atoms with Crippen LogP contribution in [0.1, 0.15) is 0 Å². The highest BCUT2D eigenvalue weighted by molar-refractivity contribution is 5.93. The molecule has 16 heavy (non-hydrogen) atoms.